The van der Waals surface area contributed by atoms with Crippen LogP contribution < -0.4 is 10.5 Å². The number of amides is 1. The van der Waals surface area contributed by atoms with Crippen LogP contribution in [-0.2, 0) is 22.6 Å². The number of hydrogen-bond donors (Lipinski definition) is 5. The van der Waals surface area contributed by atoms with Crippen LogP contribution in [0.25, 0.3) is 0 Å². The van der Waals surface area contributed by atoms with Crippen molar-refractivity contribution in [3.05, 3.63) is 45.4 Å². The van der Waals surface area contributed by atoms with E-state index < -0.39 is 58.0 Å². The Morgan fingerprint density at radius 2 is 1.79 bits per heavy atom. The average Bonchev–Trinajstić information content (AvgIpc) is 2.94. The summed E-state index contributed by atoms with van der Waals surface area (Å²) >= 11 is 0. The summed E-state index contributed by atoms with van der Waals surface area (Å²) in [5.74, 6) is -5.50. The van der Waals surface area contributed by atoms with Crippen molar-refractivity contribution in [1.29, 1.82) is 0 Å². The summed E-state index contributed by atoms with van der Waals surface area (Å²) in [4.78, 5) is 43.3. The minimum atomic E-state index is -2.66. The van der Waals surface area contributed by atoms with Gasteiger partial charge in [0.25, 0.3) is 5.91 Å². The lowest BCUT2D eigenvalue weighted by atomic mass is 9.58. The Bertz CT molecular complexity index is 1410. The average molecular weight is 598 g/mol. The number of likely N-dealkylation sites (N-methyl/N-ethyl adjacent to an activating group) is 1. The van der Waals surface area contributed by atoms with Gasteiger partial charge in [0.1, 0.15) is 28.6 Å². The van der Waals surface area contributed by atoms with Crippen LogP contribution in [0.1, 0.15) is 66.4 Å². The highest BCUT2D eigenvalue weighted by atomic mass is 16.5. The molecule has 4 aliphatic carbocycles. The summed E-state index contributed by atoms with van der Waals surface area (Å²) < 4.78 is 5.83. The number of methoxy groups -OCH3 is 1. The van der Waals surface area contributed by atoms with E-state index in [1.165, 1.54) is 50.2 Å². The number of phenols is 1. The molecule has 1 amide bonds. The number of Topliss-reactive ketones (excluding diaryl/α,β-unsaturated/α-hetero) is 2. The number of benzene rings is 1. The van der Waals surface area contributed by atoms with E-state index in [1.807, 2.05) is 7.05 Å². The number of phenolic OH excluding ortho intramolecular Hbond substituents is 1. The minimum Gasteiger partial charge on any atom is -0.510 e. The molecule has 1 aromatic carbocycles. The van der Waals surface area contributed by atoms with Gasteiger partial charge in [0.05, 0.1) is 18.7 Å². The lowest BCUT2D eigenvalue weighted by Gasteiger charge is -2.50. The van der Waals surface area contributed by atoms with E-state index in [4.69, 9.17) is 10.5 Å². The van der Waals surface area contributed by atoms with Gasteiger partial charge in [-0.2, -0.15) is 0 Å². The summed E-state index contributed by atoms with van der Waals surface area (Å²) in [6, 6.07) is 0.468. The van der Waals surface area contributed by atoms with Crippen LogP contribution in [0.5, 0.6) is 11.5 Å². The summed E-state index contributed by atoms with van der Waals surface area (Å²) in [6.07, 6.45) is 7.71. The van der Waals surface area contributed by atoms with Crippen LogP contribution in [-0.4, -0.2) is 94.1 Å². The number of nitrogens with zero attached hydrogens (tertiary/aromatic N) is 2. The molecule has 0 bridgehead atoms. The Hall–Kier alpha value is -3.41. The van der Waals surface area contributed by atoms with Crippen molar-refractivity contribution < 1.29 is 39.5 Å². The molecule has 4 aliphatic rings. The van der Waals surface area contributed by atoms with E-state index in [2.05, 4.69) is 4.90 Å². The Labute approximate surface area is 251 Å². The summed E-state index contributed by atoms with van der Waals surface area (Å²) in [5.41, 5.74) is 2.90. The molecule has 5 rings (SSSR count). The van der Waals surface area contributed by atoms with Crippen molar-refractivity contribution in [2.24, 2.45) is 23.5 Å². The second-order valence-corrected chi connectivity index (χ2v) is 12.9. The smallest absolute Gasteiger partial charge is 0.255 e. The van der Waals surface area contributed by atoms with E-state index in [0.717, 1.165) is 24.4 Å². The van der Waals surface area contributed by atoms with Gasteiger partial charge in [0, 0.05) is 29.2 Å². The third-order valence-electron chi connectivity index (χ3n) is 10.0. The van der Waals surface area contributed by atoms with Crippen LogP contribution in [0, 0.1) is 17.8 Å². The lowest BCUT2D eigenvalue weighted by Crippen LogP contribution is -2.63. The normalized spacial score (nSPS) is 27.8. The third kappa shape index (κ3) is 5.01. The first-order chi connectivity index (χ1) is 20.3. The molecule has 0 radical (unpaired) electrons. The van der Waals surface area contributed by atoms with Gasteiger partial charge in [-0.1, -0.05) is 32.1 Å². The number of aliphatic hydroxyl groups excluding tert-OH is 2. The molecule has 1 saturated carbocycles. The van der Waals surface area contributed by atoms with E-state index in [-0.39, 0.29) is 29.7 Å². The maximum Gasteiger partial charge on any atom is 0.255 e. The van der Waals surface area contributed by atoms with Gasteiger partial charge in [-0.3, -0.25) is 19.3 Å². The molecule has 0 aromatic heterocycles. The summed E-state index contributed by atoms with van der Waals surface area (Å²) in [7, 11) is 6.74. The van der Waals surface area contributed by atoms with Crippen LogP contribution >= 0.6 is 0 Å². The number of carbonyl (C=O) groups is 3. The van der Waals surface area contributed by atoms with Crippen molar-refractivity contribution in [1.82, 2.24) is 9.80 Å². The molecule has 0 unspecified atom stereocenters. The molecule has 0 spiro atoms. The second kappa shape index (κ2) is 11.6. The number of ketones is 2. The minimum absolute atomic E-state index is 0.0290. The molecule has 0 heterocycles. The fourth-order valence-electron chi connectivity index (χ4n) is 7.98. The van der Waals surface area contributed by atoms with E-state index in [0.29, 0.717) is 17.9 Å². The molecule has 43 heavy (non-hydrogen) atoms. The van der Waals surface area contributed by atoms with Gasteiger partial charge in [0.15, 0.2) is 11.4 Å². The number of nitrogens with two attached hydrogens (primary N) is 1. The number of primary amides is 1. The van der Waals surface area contributed by atoms with E-state index >= 15 is 0 Å². The zero-order chi connectivity index (χ0) is 31.4. The monoisotopic (exact) mass is 597 g/mol. The Balaban J connectivity index is 1.52. The molecule has 11 heteroatoms. The molecule has 0 saturated heterocycles. The lowest BCUT2D eigenvalue weighted by molar-refractivity contribution is -0.148. The number of rotatable bonds is 8. The van der Waals surface area contributed by atoms with Crippen LogP contribution in [0.15, 0.2) is 28.7 Å². The van der Waals surface area contributed by atoms with Crippen molar-refractivity contribution in [3.63, 3.8) is 0 Å². The standard InChI is InChI=1S/C32H43N3O8/c1-34(2)25-20-13-17-12-19-23(26(37)22(17)29(39)32(20,42)30(40)24(27(25)38)31(33)41)21(36)14-18(28(19)43-4)15-35(3)11-10-16-8-6-5-7-9-16/h14,16-17,20,25,36,38-39,42H,5-13,15H2,1-4H3,(H2,33,41)/t17-,20-,25-,32-/m0/s1. The maximum atomic E-state index is 14.0. The largest absolute Gasteiger partial charge is 0.510 e. The zero-order valence-electron chi connectivity index (χ0n) is 25.4. The second-order valence-electron chi connectivity index (χ2n) is 12.9. The van der Waals surface area contributed by atoms with E-state index in [9.17, 15) is 34.8 Å². The van der Waals surface area contributed by atoms with Gasteiger partial charge in [-0.05, 0) is 64.9 Å². The Kier molecular flexibility index (Phi) is 8.36. The molecular weight excluding hydrogens is 554 g/mol. The number of aromatic hydroxyl groups is 1. The highest BCUT2D eigenvalue weighted by Gasteiger charge is 2.63. The van der Waals surface area contributed by atoms with Gasteiger partial charge < -0.3 is 35.8 Å². The Morgan fingerprint density at radius 1 is 1.12 bits per heavy atom. The van der Waals surface area contributed by atoms with Gasteiger partial charge in [-0.25, -0.2) is 0 Å². The molecule has 11 nitrogen and oxygen atoms in total. The van der Waals surface area contributed by atoms with Crippen LogP contribution in [0.3, 0.4) is 0 Å². The Morgan fingerprint density at radius 3 is 2.40 bits per heavy atom. The molecular formula is C32H43N3O8. The van der Waals surface area contributed by atoms with Crippen molar-refractivity contribution >= 4 is 17.5 Å². The molecule has 234 valence electrons. The highest BCUT2D eigenvalue weighted by molar-refractivity contribution is 6.24. The van der Waals surface area contributed by atoms with Gasteiger partial charge in [-0.15, -0.1) is 0 Å². The fourth-order valence-corrected chi connectivity index (χ4v) is 7.98. The highest BCUT2D eigenvalue weighted by Crippen LogP contribution is 2.53. The van der Waals surface area contributed by atoms with Crippen molar-refractivity contribution in [2.45, 2.75) is 69.6 Å². The van der Waals surface area contributed by atoms with Gasteiger partial charge >= 0.3 is 0 Å². The number of carbonyl (C=O) groups excluding carboxylic acids is 3. The molecule has 1 fully saturated rings. The number of aliphatic hydroxyl groups is 3. The first kappa shape index (κ1) is 31.0. The molecule has 0 aliphatic heterocycles. The zero-order valence-corrected chi connectivity index (χ0v) is 25.4. The topological polar surface area (TPSA) is 174 Å². The third-order valence-corrected chi connectivity index (χ3v) is 10.0. The van der Waals surface area contributed by atoms with Crippen LogP contribution in [0.4, 0.5) is 0 Å². The summed E-state index contributed by atoms with van der Waals surface area (Å²) in [5, 5.41) is 45.3. The van der Waals surface area contributed by atoms with Gasteiger partial charge in [0.2, 0.25) is 5.78 Å². The number of hydrogen-bond acceptors (Lipinski definition) is 10. The number of fused-ring (bicyclic) bond motifs is 3. The quantitative estimate of drug-likeness (QED) is 0.280. The maximum absolute atomic E-state index is 14.0. The predicted octanol–water partition coefficient (Wildman–Crippen LogP) is 2.53. The summed E-state index contributed by atoms with van der Waals surface area (Å²) in [6.45, 7) is 1.39. The molecule has 1 aromatic rings. The van der Waals surface area contributed by atoms with Crippen molar-refractivity contribution in [3.8, 4) is 11.5 Å². The van der Waals surface area contributed by atoms with E-state index in [1.54, 1.807) is 14.1 Å². The predicted molar refractivity (Wildman–Crippen MR) is 158 cm³/mol. The molecule has 6 N–H and O–H groups in total. The first-order valence-electron chi connectivity index (χ1n) is 15.1. The fraction of sp³-hybridized carbons (Fsp3) is 0.594. The first-order valence-corrected chi connectivity index (χ1v) is 15.1. The van der Waals surface area contributed by atoms with Crippen molar-refractivity contribution in [2.75, 3.05) is 34.8 Å². The molecule has 4 atom stereocenters. The number of ether oxygens (including phenoxy) is 1. The number of allylic oxidation sites excluding steroid dienone is 1. The SMILES string of the molecule is COc1c(CN(C)CCC2CCCCC2)cc(O)c2c1C[C@H]1C[C@H]3[C@H](N(C)C)C(O)=C(C(N)=O)C(=O)[C@@]3(O)C(O)=C1C2=O. The van der Waals surface area contributed by atoms with Crippen LogP contribution in [0.2, 0.25) is 0 Å².